The average molecular weight is 497 g/mol. The van der Waals surface area contributed by atoms with Crippen LogP contribution < -0.4 is 4.90 Å². The van der Waals surface area contributed by atoms with Crippen molar-refractivity contribution < 1.29 is 26.4 Å². The highest BCUT2D eigenvalue weighted by Crippen LogP contribution is 2.32. The van der Waals surface area contributed by atoms with Crippen molar-refractivity contribution in [3.8, 4) is 0 Å². The van der Waals surface area contributed by atoms with Gasteiger partial charge in [0.25, 0.3) is 15.7 Å². The van der Waals surface area contributed by atoms with Crippen molar-refractivity contribution in [3.05, 3.63) is 53.9 Å². The number of pyridine rings is 1. The fourth-order valence-electron chi connectivity index (χ4n) is 4.40. The summed E-state index contributed by atoms with van der Waals surface area (Å²) in [6.45, 7) is 5.29. The molecular weight excluding hydrogens is 469 g/mol. The summed E-state index contributed by atoms with van der Waals surface area (Å²) in [4.78, 5) is 22.3. The van der Waals surface area contributed by atoms with Crippen LogP contribution in [0.4, 0.5) is 18.9 Å². The maximum atomic E-state index is 12.8. The van der Waals surface area contributed by atoms with Crippen LogP contribution in [0.5, 0.6) is 0 Å². The molecule has 0 bridgehead atoms. The van der Waals surface area contributed by atoms with Crippen molar-refractivity contribution in [1.29, 1.82) is 0 Å². The number of likely N-dealkylation sites (tertiary alicyclic amines) is 1. The maximum absolute atomic E-state index is 12.8. The number of anilines is 1. The van der Waals surface area contributed by atoms with Gasteiger partial charge in [-0.15, -0.1) is 0 Å². The number of hydrogen-bond acceptors (Lipinski definition) is 6. The molecule has 2 saturated heterocycles. The third-order valence-electron chi connectivity index (χ3n) is 6.35. The molecule has 2 aliphatic rings. The molecule has 1 aromatic carbocycles. The molecule has 11 heteroatoms. The van der Waals surface area contributed by atoms with E-state index >= 15 is 0 Å². The van der Waals surface area contributed by atoms with E-state index in [9.17, 15) is 26.4 Å². The maximum Gasteiger partial charge on any atom is 0.501 e. The third kappa shape index (κ3) is 5.05. The Morgan fingerprint density at radius 2 is 1.76 bits per heavy atom. The Morgan fingerprint density at radius 3 is 2.41 bits per heavy atom. The molecule has 184 valence electrons. The standard InChI is InChI=1S/C23H27F3N4O3S/c1-17-14-30(19-5-7-20(8-6-19)34(32,33)23(24,25)26)16-29(17)15-18-9-10-27-21(13-18)22(31)28-11-3-2-4-12-28/h5-10,13,17H,2-4,11-12,14-16H2,1H3. The summed E-state index contributed by atoms with van der Waals surface area (Å²) in [6.07, 6.45) is 4.80. The average Bonchev–Trinajstić information content (AvgIpc) is 3.18. The van der Waals surface area contributed by atoms with E-state index in [0.29, 0.717) is 31.1 Å². The molecular formula is C23H27F3N4O3S. The SMILES string of the molecule is CC1CN(c2ccc(S(=O)(=O)C(F)(F)F)cc2)CN1Cc1ccnc(C(=O)N2CCCCC2)c1. The Labute approximate surface area is 197 Å². The molecule has 2 aromatic rings. The van der Waals surface area contributed by atoms with Crippen molar-refractivity contribution >= 4 is 21.4 Å². The first-order valence-electron chi connectivity index (χ1n) is 11.2. The molecule has 0 spiro atoms. The van der Waals surface area contributed by atoms with E-state index in [1.807, 2.05) is 28.9 Å². The highest BCUT2D eigenvalue weighted by atomic mass is 32.2. The zero-order valence-corrected chi connectivity index (χ0v) is 19.6. The number of aromatic nitrogens is 1. The summed E-state index contributed by atoms with van der Waals surface area (Å²) >= 11 is 0. The van der Waals surface area contributed by atoms with Crippen molar-refractivity contribution in [2.24, 2.45) is 0 Å². The quantitative estimate of drug-likeness (QED) is 0.629. The summed E-state index contributed by atoms with van der Waals surface area (Å²) in [7, 11) is -5.36. The fourth-order valence-corrected chi connectivity index (χ4v) is 5.16. The molecule has 7 nitrogen and oxygen atoms in total. The van der Waals surface area contributed by atoms with Crippen LogP contribution in [0.15, 0.2) is 47.5 Å². The molecule has 2 aliphatic heterocycles. The van der Waals surface area contributed by atoms with Gasteiger partial charge in [-0.1, -0.05) is 0 Å². The van der Waals surface area contributed by atoms with E-state index in [1.54, 1.807) is 6.20 Å². The van der Waals surface area contributed by atoms with Gasteiger partial charge in [-0.3, -0.25) is 14.7 Å². The summed E-state index contributed by atoms with van der Waals surface area (Å²) in [5.74, 6) is -0.0495. The largest absolute Gasteiger partial charge is 0.501 e. The molecule has 1 amide bonds. The second kappa shape index (κ2) is 9.53. The first kappa shape index (κ1) is 24.5. The van der Waals surface area contributed by atoms with Crippen LogP contribution >= 0.6 is 0 Å². The molecule has 0 N–H and O–H groups in total. The number of sulfone groups is 1. The van der Waals surface area contributed by atoms with Gasteiger partial charge >= 0.3 is 5.51 Å². The molecule has 2 fully saturated rings. The van der Waals surface area contributed by atoms with Crippen LogP contribution in [0.2, 0.25) is 0 Å². The molecule has 34 heavy (non-hydrogen) atoms. The van der Waals surface area contributed by atoms with Crippen LogP contribution in [0, 0.1) is 0 Å². The lowest BCUT2D eigenvalue weighted by molar-refractivity contribution is -0.0436. The van der Waals surface area contributed by atoms with Crippen molar-refractivity contribution in [2.45, 2.75) is 49.2 Å². The van der Waals surface area contributed by atoms with Gasteiger partial charge in [0.1, 0.15) is 5.69 Å². The van der Waals surface area contributed by atoms with E-state index in [4.69, 9.17) is 0 Å². The molecule has 4 rings (SSSR count). The minimum absolute atomic E-state index is 0.0495. The smallest absolute Gasteiger partial charge is 0.357 e. The van der Waals surface area contributed by atoms with Gasteiger partial charge in [-0.2, -0.15) is 13.2 Å². The first-order valence-corrected chi connectivity index (χ1v) is 12.7. The molecule has 3 heterocycles. The second-order valence-corrected chi connectivity index (χ2v) is 10.7. The lowest BCUT2D eigenvalue weighted by Crippen LogP contribution is -2.36. The molecule has 1 aromatic heterocycles. The minimum atomic E-state index is -5.36. The molecule has 1 atom stereocenters. The Kier molecular flexibility index (Phi) is 6.86. The molecule has 0 saturated carbocycles. The number of alkyl halides is 3. The second-order valence-electron chi connectivity index (χ2n) is 8.80. The van der Waals surface area contributed by atoms with Crippen LogP contribution in [0.1, 0.15) is 42.2 Å². The lowest BCUT2D eigenvalue weighted by Gasteiger charge is -2.26. The van der Waals surface area contributed by atoms with E-state index in [-0.39, 0.29) is 11.9 Å². The Balaban J connectivity index is 1.42. The number of benzene rings is 1. The van der Waals surface area contributed by atoms with Crippen LogP contribution in [0.25, 0.3) is 0 Å². The van der Waals surface area contributed by atoms with Gasteiger partial charge < -0.3 is 9.80 Å². The van der Waals surface area contributed by atoms with Crippen LogP contribution in [-0.4, -0.2) is 67.0 Å². The van der Waals surface area contributed by atoms with Gasteiger partial charge in [0.05, 0.1) is 11.6 Å². The van der Waals surface area contributed by atoms with Crippen LogP contribution in [0.3, 0.4) is 0 Å². The number of hydrogen-bond donors (Lipinski definition) is 0. The number of amides is 1. The predicted molar refractivity (Wildman–Crippen MR) is 121 cm³/mol. The van der Waals surface area contributed by atoms with Crippen LogP contribution in [-0.2, 0) is 16.4 Å². The zero-order chi connectivity index (χ0) is 24.5. The number of carbonyl (C=O) groups excluding carboxylic acids is 1. The fraction of sp³-hybridized carbons (Fsp3) is 0.478. The Morgan fingerprint density at radius 1 is 1.09 bits per heavy atom. The zero-order valence-electron chi connectivity index (χ0n) is 18.8. The predicted octanol–water partition coefficient (Wildman–Crippen LogP) is 3.67. The topological polar surface area (TPSA) is 73.8 Å². The number of halogens is 3. The number of carbonyl (C=O) groups is 1. The molecule has 0 aliphatic carbocycles. The normalized spacial score (nSPS) is 20.1. The summed E-state index contributed by atoms with van der Waals surface area (Å²) in [5, 5.41) is 0. The van der Waals surface area contributed by atoms with Gasteiger partial charge in [0.15, 0.2) is 0 Å². The Hall–Kier alpha value is -2.66. The summed E-state index contributed by atoms with van der Waals surface area (Å²) in [6, 6.07) is 8.63. The monoisotopic (exact) mass is 496 g/mol. The van der Waals surface area contributed by atoms with E-state index in [1.165, 1.54) is 12.1 Å². The third-order valence-corrected chi connectivity index (χ3v) is 7.85. The van der Waals surface area contributed by atoms with E-state index in [2.05, 4.69) is 9.88 Å². The highest BCUT2D eigenvalue weighted by molar-refractivity contribution is 7.92. The number of rotatable bonds is 5. The lowest BCUT2D eigenvalue weighted by atomic mass is 10.1. The molecule has 1 unspecified atom stereocenters. The van der Waals surface area contributed by atoms with Gasteiger partial charge in [-0.05, 0) is 68.1 Å². The number of nitrogens with zero attached hydrogens (tertiary/aromatic N) is 4. The van der Waals surface area contributed by atoms with Gasteiger partial charge in [0.2, 0.25) is 0 Å². The van der Waals surface area contributed by atoms with Crippen molar-refractivity contribution in [1.82, 2.24) is 14.8 Å². The summed E-state index contributed by atoms with van der Waals surface area (Å²) < 4.78 is 61.5. The minimum Gasteiger partial charge on any atom is -0.357 e. The van der Waals surface area contributed by atoms with Crippen molar-refractivity contribution in [3.63, 3.8) is 0 Å². The van der Waals surface area contributed by atoms with Crippen molar-refractivity contribution in [2.75, 3.05) is 31.2 Å². The first-order chi connectivity index (χ1) is 16.1. The van der Waals surface area contributed by atoms with Gasteiger partial charge in [0, 0.05) is 44.1 Å². The Bertz CT molecular complexity index is 1130. The molecule has 0 radical (unpaired) electrons. The van der Waals surface area contributed by atoms with Gasteiger partial charge in [-0.25, -0.2) is 8.42 Å². The highest BCUT2D eigenvalue weighted by Gasteiger charge is 2.46. The van der Waals surface area contributed by atoms with E-state index < -0.39 is 20.2 Å². The summed E-state index contributed by atoms with van der Waals surface area (Å²) in [5.41, 5.74) is -3.29. The van der Waals surface area contributed by atoms with E-state index in [0.717, 1.165) is 50.0 Å². The number of piperidine rings is 1.